The molecule has 1 aliphatic rings. The number of fused-ring (bicyclic) bond motifs is 3. The summed E-state index contributed by atoms with van der Waals surface area (Å²) >= 11 is 2.83. The van der Waals surface area contributed by atoms with Gasteiger partial charge in [-0.15, -0.1) is 11.3 Å². The molecule has 174 valence electrons. The Labute approximate surface area is 201 Å². The van der Waals surface area contributed by atoms with Gasteiger partial charge in [-0.25, -0.2) is 4.98 Å². The van der Waals surface area contributed by atoms with Crippen LogP contribution < -0.4 is 16.4 Å². The lowest BCUT2D eigenvalue weighted by Crippen LogP contribution is -2.42. The third-order valence-corrected chi connectivity index (χ3v) is 7.90. The number of thiophene rings is 1. The second-order valence-corrected chi connectivity index (χ2v) is 10.3. The van der Waals surface area contributed by atoms with Crippen LogP contribution in [0, 0.1) is 6.92 Å². The Bertz CT molecular complexity index is 1230. The molecule has 0 atom stereocenters. The first-order chi connectivity index (χ1) is 16.0. The van der Waals surface area contributed by atoms with Crippen LogP contribution in [0.2, 0.25) is 0 Å². The molecule has 0 saturated carbocycles. The van der Waals surface area contributed by atoms with E-state index in [1.54, 1.807) is 28.0 Å². The molecule has 3 aromatic rings. The number of aromatic nitrogens is 2. The Kier molecular flexibility index (Phi) is 7.49. The Morgan fingerprint density at radius 3 is 2.70 bits per heavy atom. The van der Waals surface area contributed by atoms with Crippen LogP contribution in [0.4, 0.5) is 0 Å². The van der Waals surface area contributed by atoms with Crippen LogP contribution in [-0.4, -0.2) is 27.1 Å². The summed E-state index contributed by atoms with van der Waals surface area (Å²) in [6.07, 6.45) is 6.03. The van der Waals surface area contributed by atoms with E-state index in [0.717, 1.165) is 54.3 Å². The molecular formula is C24H28N4O3S2. The molecule has 9 heteroatoms. The highest BCUT2D eigenvalue weighted by molar-refractivity contribution is 7.99. The highest BCUT2D eigenvalue weighted by Crippen LogP contribution is 2.35. The number of amides is 2. The lowest BCUT2D eigenvalue weighted by atomic mass is 10.1. The van der Waals surface area contributed by atoms with Gasteiger partial charge in [0, 0.05) is 17.0 Å². The van der Waals surface area contributed by atoms with Crippen molar-refractivity contribution in [2.24, 2.45) is 0 Å². The van der Waals surface area contributed by atoms with Crippen molar-refractivity contribution in [1.82, 2.24) is 20.4 Å². The molecule has 33 heavy (non-hydrogen) atoms. The monoisotopic (exact) mass is 484 g/mol. The molecule has 4 rings (SSSR count). The Hall–Kier alpha value is -2.65. The predicted molar refractivity (Wildman–Crippen MR) is 133 cm³/mol. The number of nitrogens with zero attached hydrogens (tertiary/aromatic N) is 2. The van der Waals surface area contributed by atoms with E-state index < -0.39 is 0 Å². The van der Waals surface area contributed by atoms with Gasteiger partial charge >= 0.3 is 0 Å². The van der Waals surface area contributed by atoms with E-state index >= 15 is 0 Å². The van der Waals surface area contributed by atoms with Crippen LogP contribution >= 0.6 is 23.1 Å². The Balaban J connectivity index is 1.46. The second-order valence-electron chi connectivity index (χ2n) is 8.25. The number of hydrogen-bond donors (Lipinski definition) is 2. The van der Waals surface area contributed by atoms with Gasteiger partial charge in [0.05, 0.1) is 11.1 Å². The number of aryl methyl sites for hydroxylation is 3. The van der Waals surface area contributed by atoms with Crippen LogP contribution in [0.1, 0.15) is 59.0 Å². The minimum absolute atomic E-state index is 0.00563. The van der Waals surface area contributed by atoms with Crippen molar-refractivity contribution in [3.63, 3.8) is 0 Å². The zero-order valence-electron chi connectivity index (χ0n) is 18.9. The number of benzene rings is 1. The van der Waals surface area contributed by atoms with Crippen LogP contribution in [-0.2, 0) is 24.2 Å². The number of rotatable bonds is 8. The lowest BCUT2D eigenvalue weighted by Gasteiger charge is -2.12. The second kappa shape index (κ2) is 10.5. The molecule has 1 aromatic carbocycles. The fourth-order valence-corrected chi connectivity index (χ4v) is 6.08. The molecule has 0 spiro atoms. The van der Waals surface area contributed by atoms with Crippen molar-refractivity contribution in [3.8, 4) is 0 Å². The highest BCUT2D eigenvalue weighted by Gasteiger charge is 2.23. The summed E-state index contributed by atoms with van der Waals surface area (Å²) < 4.78 is 1.73. The lowest BCUT2D eigenvalue weighted by molar-refractivity contribution is -0.119. The molecule has 0 unspecified atom stereocenters. The molecule has 2 N–H and O–H groups in total. The molecule has 0 radical (unpaired) electrons. The van der Waals surface area contributed by atoms with E-state index in [0.29, 0.717) is 17.3 Å². The molecule has 2 amide bonds. The minimum atomic E-state index is -0.377. The summed E-state index contributed by atoms with van der Waals surface area (Å²) in [5.41, 5.74) is 7.59. The first kappa shape index (κ1) is 23.5. The van der Waals surface area contributed by atoms with Crippen molar-refractivity contribution in [1.29, 1.82) is 0 Å². The summed E-state index contributed by atoms with van der Waals surface area (Å²) in [5, 5.41) is 1.33. The van der Waals surface area contributed by atoms with E-state index in [4.69, 9.17) is 4.98 Å². The number of nitrogens with one attached hydrogen (secondary N) is 2. The zero-order chi connectivity index (χ0) is 23.4. The van der Waals surface area contributed by atoms with Gasteiger partial charge in [-0.3, -0.25) is 29.8 Å². The maximum atomic E-state index is 13.4. The van der Waals surface area contributed by atoms with Gasteiger partial charge in [-0.2, -0.15) is 0 Å². The third kappa shape index (κ3) is 5.30. The number of carbonyl (C=O) groups excluding carboxylic acids is 2. The minimum Gasteiger partial charge on any atom is -0.287 e. The SMILES string of the molecule is CCCCCn1c(SCC(=O)NNC(=O)c2ccc(C)cc2)nc2sc3c(c2c1=O)CCC3. The van der Waals surface area contributed by atoms with Crippen LogP contribution in [0.25, 0.3) is 10.2 Å². The molecular weight excluding hydrogens is 456 g/mol. The molecule has 2 aromatic heterocycles. The third-order valence-electron chi connectivity index (χ3n) is 5.74. The summed E-state index contributed by atoms with van der Waals surface area (Å²) in [6.45, 7) is 4.66. The molecule has 0 fully saturated rings. The van der Waals surface area contributed by atoms with E-state index in [2.05, 4.69) is 17.8 Å². The standard InChI is InChI=1S/C24H28N4O3S2/c1-3-4-5-13-28-23(31)20-17-7-6-8-18(17)33-22(20)25-24(28)32-14-19(29)26-27-21(30)16-11-9-15(2)10-12-16/h9-12H,3-8,13-14H2,1-2H3,(H,26,29)(H,27,30). The molecule has 7 nitrogen and oxygen atoms in total. The van der Waals surface area contributed by atoms with Gasteiger partial charge in [0.25, 0.3) is 11.5 Å². The summed E-state index contributed by atoms with van der Waals surface area (Å²) in [4.78, 5) is 44.8. The number of thioether (sulfide) groups is 1. The fourth-order valence-electron chi connectivity index (χ4n) is 3.96. The normalized spacial score (nSPS) is 12.7. The predicted octanol–water partition coefficient (Wildman–Crippen LogP) is 4.00. The molecule has 0 saturated heterocycles. The average molecular weight is 485 g/mol. The van der Waals surface area contributed by atoms with Crippen molar-refractivity contribution < 1.29 is 9.59 Å². The number of hydrazine groups is 1. The van der Waals surface area contributed by atoms with Gasteiger partial charge in [0.2, 0.25) is 5.91 Å². The summed E-state index contributed by atoms with van der Waals surface area (Å²) in [6, 6.07) is 7.09. The van der Waals surface area contributed by atoms with Gasteiger partial charge in [-0.05, 0) is 50.3 Å². The number of unbranched alkanes of at least 4 members (excludes halogenated alkanes) is 2. The largest absolute Gasteiger partial charge is 0.287 e. The maximum absolute atomic E-state index is 13.4. The van der Waals surface area contributed by atoms with E-state index in [-0.39, 0.29) is 23.1 Å². The molecule has 0 aliphatic heterocycles. The number of hydrogen-bond acceptors (Lipinski definition) is 6. The van der Waals surface area contributed by atoms with Crippen molar-refractivity contribution in [3.05, 3.63) is 56.2 Å². The first-order valence-corrected chi connectivity index (χ1v) is 13.1. The van der Waals surface area contributed by atoms with Crippen LogP contribution in [0.3, 0.4) is 0 Å². The molecule has 1 aliphatic carbocycles. The van der Waals surface area contributed by atoms with Crippen LogP contribution in [0.15, 0.2) is 34.2 Å². The van der Waals surface area contributed by atoms with E-state index in [1.807, 2.05) is 19.1 Å². The van der Waals surface area contributed by atoms with Crippen molar-refractivity contribution in [2.75, 3.05) is 5.75 Å². The smallest absolute Gasteiger partial charge is 0.269 e. The fraction of sp³-hybridized carbons (Fsp3) is 0.417. The van der Waals surface area contributed by atoms with Gasteiger partial charge in [-0.1, -0.05) is 49.2 Å². The molecule has 0 bridgehead atoms. The Morgan fingerprint density at radius 2 is 1.94 bits per heavy atom. The highest BCUT2D eigenvalue weighted by atomic mass is 32.2. The number of carbonyl (C=O) groups is 2. The average Bonchev–Trinajstić information content (AvgIpc) is 3.39. The summed E-state index contributed by atoms with van der Waals surface area (Å²) in [5.74, 6) is -0.689. The van der Waals surface area contributed by atoms with E-state index in [1.165, 1.54) is 22.2 Å². The van der Waals surface area contributed by atoms with Gasteiger partial charge < -0.3 is 0 Å². The molecule has 2 heterocycles. The first-order valence-electron chi connectivity index (χ1n) is 11.3. The zero-order valence-corrected chi connectivity index (χ0v) is 20.5. The van der Waals surface area contributed by atoms with Crippen molar-refractivity contribution in [2.45, 2.75) is 64.1 Å². The van der Waals surface area contributed by atoms with Crippen molar-refractivity contribution >= 4 is 45.1 Å². The van der Waals surface area contributed by atoms with Crippen LogP contribution in [0.5, 0.6) is 0 Å². The topological polar surface area (TPSA) is 93.1 Å². The van der Waals surface area contributed by atoms with E-state index in [9.17, 15) is 14.4 Å². The van der Waals surface area contributed by atoms with Gasteiger partial charge in [0.1, 0.15) is 4.83 Å². The maximum Gasteiger partial charge on any atom is 0.269 e. The van der Waals surface area contributed by atoms with Gasteiger partial charge in [0.15, 0.2) is 5.16 Å². The summed E-state index contributed by atoms with van der Waals surface area (Å²) in [7, 11) is 0. The Morgan fingerprint density at radius 1 is 1.15 bits per heavy atom. The quantitative estimate of drug-likeness (QED) is 0.218.